The molecule has 0 aliphatic heterocycles. The summed E-state index contributed by atoms with van der Waals surface area (Å²) in [6.45, 7) is 0. The van der Waals surface area contributed by atoms with E-state index >= 15 is 0 Å². The van der Waals surface area contributed by atoms with Crippen LogP contribution in [-0.4, -0.2) is 52.2 Å². The lowest BCUT2D eigenvalue weighted by Crippen LogP contribution is -2.47. The quantitative estimate of drug-likeness (QED) is 0.616. The highest BCUT2D eigenvalue weighted by atomic mass is 16.4. The van der Waals surface area contributed by atoms with E-state index in [2.05, 4.69) is 5.32 Å². The molecule has 1 aliphatic carbocycles. The number of amides is 2. The van der Waals surface area contributed by atoms with Gasteiger partial charge in [-0.1, -0.05) is 0 Å². The zero-order chi connectivity index (χ0) is 13.7. The van der Waals surface area contributed by atoms with Crippen LogP contribution >= 0.6 is 0 Å². The van der Waals surface area contributed by atoms with E-state index in [0.29, 0.717) is 0 Å². The molecule has 18 heavy (non-hydrogen) atoms. The van der Waals surface area contributed by atoms with Crippen molar-refractivity contribution in [3.05, 3.63) is 0 Å². The molecule has 0 aromatic heterocycles. The average Bonchev–Trinajstić information content (AvgIpc) is 3.09. The highest BCUT2D eigenvalue weighted by molar-refractivity contribution is 5.82. The lowest BCUT2D eigenvalue weighted by molar-refractivity contribution is -0.140. The van der Waals surface area contributed by atoms with Crippen molar-refractivity contribution in [1.82, 2.24) is 10.2 Å². The van der Waals surface area contributed by atoms with Crippen molar-refractivity contribution in [2.24, 2.45) is 0 Å². The summed E-state index contributed by atoms with van der Waals surface area (Å²) >= 11 is 0. The van der Waals surface area contributed by atoms with E-state index in [4.69, 9.17) is 10.2 Å². The topological polar surface area (TPSA) is 107 Å². The van der Waals surface area contributed by atoms with Crippen LogP contribution < -0.4 is 5.32 Å². The van der Waals surface area contributed by atoms with Crippen LogP contribution in [0, 0.1) is 0 Å². The number of carbonyl (C=O) groups is 3. The molecule has 102 valence electrons. The molecular formula is C11H18N2O5. The van der Waals surface area contributed by atoms with Crippen LogP contribution in [0.2, 0.25) is 0 Å². The summed E-state index contributed by atoms with van der Waals surface area (Å²) in [6, 6.07) is -1.24. The number of carboxylic acid groups (broad SMARTS) is 2. The van der Waals surface area contributed by atoms with Gasteiger partial charge in [-0.05, 0) is 25.7 Å². The number of carboxylic acids is 2. The molecule has 7 heteroatoms. The molecule has 3 N–H and O–H groups in total. The minimum absolute atomic E-state index is 0.0991. The van der Waals surface area contributed by atoms with E-state index in [0.717, 1.165) is 12.8 Å². The van der Waals surface area contributed by atoms with E-state index in [1.54, 1.807) is 7.05 Å². The summed E-state index contributed by atoms with van der Waals surface area (Å²) in [5, 5.41) is 19.8. The number of hydrogen-bond donors (Lipinski definition) is 3. The average molecular weight is 258 g/mol. The van der Waals surface area contributed by atoms with Crippen LogP contribution in [0.5, 0.6) is 0 Å². The Kier molecular flexibility index (Phi) is 4.94. The van der Waals surface area contributed by atoms with Crippen molar-refractivity contribution >= 4 is 18.0 Å². The van der Waals surface area contributed by atoms with Gasteiger partial charge >= 0.3 is 18.0 Å². The molecule has 0 saturated heterocycles. The Balaban J connectivity index is 2.38. The summed E-state index contributed by atoms with van der Waals surface area (Å²) in [7, 11) is 1.63. The van der Waals surface area contributed by atoms with Gasteiger partial charge in [0.25, 0.3) is 0 Å². The number of urea groups is 1. The van der Waals surface area contributed by atoms with Crippen molar-refractivity contribution in [2.45, 2.75) is 44.2 Å². The minimum atomic E-state index is -1.14. The fourth-order valence-electron chi connectivity index (χ4n) is 1.59. The van der Waals surface area contributed by atoms with Gasteiger partial charge in [0.1, 0.15) is 6.04 Å². The SMILES string of the molecule is CN(C(=O)N[C@H](CCCC(=O)O)C(=O)O)C1CC1. The van der Waals surface area contributed by atoms with E-state index in [-0.39, 0.29) is 25.3 Å². The van der Waals surface area contributed by atoms with Gasteiger partial charge < -0.3 is 20.4 Å². The van der Waals surface area contributed by atoms with E-state index in [1.165, 1.54) is 4.90 Å². The van der Waals surface area contributed by atoms with Gasteiger partial charge in [-0.3, -0.25) is 4.79 Å². The molecule has 1 atom stereocenters. The second kappa shape index (κ2) is 6.23. The van der Waals surface area contributed by atoms with Crippen LogP contribution in [0.1, 0.15) is 32.1 Å². The highest BCUT2D eigenvalue weighted by Crippen LogP contribution is 2.25. The minimum Gasteiger partial charge on any atom is -0.481 e. The van der Waals surface area contributed by atoms with Crippen LogP contribution in [0.15, 0.2) is 0 Å². The van der Waals surface area contributed by atoms with Crippen LogP contribution in [0.3, 0.4) is 0 Å². The fraction of sp³-hybridized carbons (Fsp3) is 0.727. The zero-order valence-corrected chi connectivity index (χ0v) is 10.3. The summed E-state index contributed by atoms with van der Waals surface area (Å²) in [4.78, 5) is 34.4. The molecule has 7 nitrogen and oxygen atoms in total. The van der Waals surface area contributed by atoms with Crippen molar-refractivity contribution in [3.8, 4) is 0 Å². The van der Waals surface area contributed by atoms with Gasteiger partial charge in [0.2, 0.25) is 0 Å². The molecule has 1 rings (SSSR count). The summed E-state index contributed by atoms with van der Waals surface area (Å²) in [5.41, 5.74) is 0. The van der Waals surface area contributed by atoms with Gasteiger partial charge in [-0.15, -0.1) is 0 Å². The summed E-state index contributed by atoms with van der Waals surface area (Å²) < 4.78 is 0. The molecule has 1 saturated carbocycles. The Morgan fingerprint density at radius 2 is 1.94 bits per heavy atom. The Hall–Kier alpha value is -1.79. The van der Waals surface area contributed by atoms with Gasteiger partial charge in [-0.2, -0.15) is 0 Å². The predicted octanol–water partition coefficient (Wildman–Crippen LogP) is 0.498. The normalized spacial score (nSPS) is 15.8. The largest absolute Gasteiger partial charge is 0.481 e. The van der Waals surface area contributed by atoms with Crippen molar-refractivity contribution in [3.63, 3.8) is 0 Å². The Bertz CT molecular complexity index is 340. The summed E-state index contributed by atoms with van der Waals surface area (Å²) in [6.07, 6.45) is 2.13. The molecule has 0 spiro atoms. The maximum Gasteiger partial charge on any atom is 0.326 e. The van der Waals surface area contributed by atoms with E-state index in [1.807, 2.05) is 0 Å². The first-order chi connectivity index (χ1) is 8.41. The number of hydrogen-bond acceptors (Lipinski definition) is 3. The van der Waals surface area contributed by atoms with Crippen molar-refractivity contribution < 1.29 is 24.6 Å². The number of nitrogens with one attached hydrogen (secondary N) is 1. The Morgan fingerprint density at radius 3 is 2.39 bits per heavy atom. The second-order valence-corrected chi connectivity index (χ2v) is 4.47. The second-order valence-electron chi connectivity index (χ2n) is 4.47. The Morgan fingerprint density at radius 1 is 1.33 bits per heavy atom. The van der Waals surface area contributed by atoms with Gasteiger partial charge in [0, 0.05) is 19.5 Å². The first-order valence-corrected chi connectivity index (χ1v) is 5.89. The lowest BCUT2D eigenvalue weighted by atomic mass is 10.1. The van der Waals surface area contributed by atoms with E-state index < -0.39 is 24.0 Å². The smallest absolute Gasteiger partial charge is 0.326 e. The van der Waals surface area contributed by atoms with Crippen molar-refractivity contribution in [1.29, 1.82) is 0 Å². The molecule has 2 amide bonds. The standard InChI is InChI=1S/C11H18N2O5/c1-13(7-5-6-7)11(18)12-8(10(16)17)3-2-4-9(14)15/h7-8H,2-6H2,1H3,(H,12,18)(H,14,15)(H,16,17)/t8-/m1/s1. The predicted molar refractivity (Wildman–Crippen MR) is 62.2 cm³/mol. The third-order valence-corrected chi connectivity index (χ3v) is 2.89. The summed E-state index contributed by atoms with van der Waals surface area (Å²) in [5.74, 6) is -2.11. The molecule has 0 radical (unpaired) electrons. The number of aliphatic carboxylic acids is 2. The number of carbonyl (C=O) groups excluding carboxylic acids is 1. The molecule has 0 unspecified atom stereocenters. The molecule has 0 heterocycles. The van der Waals surface area contributed by atoms with Gasteiger partial charge in [0.05, 0.1) is 0 Å². The van der Waals surface area contributed by atoms with E-state index in [9.17, 15) is 14.4 Å². The first kappa shape index (κ1) is 14.3. The highest BCUT2D eigenvalue weighted by Gasteiger charge is 2.31. The number of rotatable bonds is 7. The molecule has 0 aromatic carbocycles. The molecule has 1 fully saturated rings. The Labute approximate surface area is 105 Å². The molecule has 1 aliphatic rings. The lowest BCUT2D eigenvalue weighted by Gasteiger charge is -2.20. The first-order valence-electron chi connectivity index (χ1n) is 5.89. The maximum absolute atomic E-state index is 11.7. The van der Waals surface area contributed by atoms with Gasteiger partial charge in [0.15, 0.2) is 0 Å². The molecule has 0 aromatic rings. The van der Waals surface area contributed by atoms with Crippen LogP contribution in [0.4, 0.5) is 4.79 Å². The van der Waals surface area contributed by atoms with Crippen molar-refractivity contribution in [2.75, 3.05) is 7.05 Å². The molecule has 0 bridgehead atoms. The number of nitrogens with zero attached hydrogens (tertiary/aromatic N) is 1. The van der Waals surface area contributed by atoms with Crippen LogP contribution in [0.25, 0.3) is 0 Å². The zero-order valence-electron chi connectivity index (χ0n) is 10.3. The third-order valence-electron chi connectivity index (χ3n) is 2.89. The van der Waals surface area contributed by atoms with Crippen LogP contribution in [-0.2, 0) is 9.59 Å². The fourth-order valence-corrected chi connectivity index (χ4v) is 1.59. The maximum atomic E-state index is 11.7. The molecular weight excluding hydrogens is 240 g/mol. The monoisotopic (exact) mass is 258 g/mol. The van der Waals surface area contributed by atoms with Gasteiger partial charge in [-0.25, -0.2) is 9.59 Å². The third kappa shape index (κ3) is 4.60.